The van der Waals surface area contributed by atoms with Crippen LogP contribution in [0, 0.1) is 10.1 Å². The van der Waals surface area contributed by atoms with Gasteiger partial charge in [-0.1, -0.05) is 28.1 Å². The molecule has 1 aromatic carbocycles. The minimum absolute atomic E-state index is 0.154. The van der Waals surface area contributed by atoms with E-state index in [0.29, 0.717) is 0 Å². The van der Waals surface area contributed by atoms with Gasteiger partial charge < -0.3 is 5.11 Å². The van der Waals surface area contributed by atoms with Gasteiger partial charge in [0.15, 0.2) is 9.84 Å². The second-order valence-corrected chi connectivity index (χ2v) is 11.5. The topological polar surface area (TPSA) is 97.5 Å². The molecule has 2 atom stereocenters. The summed E-state index contributed by atoms with van der Waals surface area (Å²) in [6.45, 7) is 0. The lowest BCUT2D eigenvalue weighted by Crippen LogP contribution is -2.31. The van der Waals surface area contributed by atoms with Gasteiger partial charge in [0, 0.05) is 18.4 Å². The first-order valence-corrected chi connectivity index (χ1v) is 8.33. The van der Waals surface area contributed by atoms with E-state index in [1.54, 1.807) is 22.6 Å². The molecular formula is C9H9BrINO5S. The Morgan fingerprint density at radius 2 is 2.11 bits per heavy atom. The van der Waals surface area contributed by atoms with E-state index in [-0.39, 0.29) is 11.3 Å². The summed E-state index contributed by atoms with van der Waals surface area (Å²) in [5.41, 5.74) is -0.0550. The molecule has 0 aliphatic rings. The van der Waals surface area contributed by atoms with Crippen LogP contribution in [0.2, 0.25) is 0 Å². The minimum atomic E-state index is -3.60. The molecule has 0 saturated carbocycles. The van der Waals surface area contributed by atoms with E-state index in [4.69, 9.17) is 0 Å². The van der Waals surface area contributed by atoms with Crippen LogP contribution in [-0.4, -0.2) is 26.4 Å². The summed E-state index contributed by atoms with van der Waals surface area (Å²) in [4.78, 5) is 10.0. The third-order valence-electron chi connectivity index (χ3n) is 2.21. The van der Waals surface area contributed by atoms with Gasteiger partial charge in [-0.2, -0.15) is 0 Å². The largest absolute Gasteiger partial charge is 0.385 e. The van der Waals surface area contributed by atoms with Crippen LogP contribution in [0.25, 0.3) is 0 Å². The van der Waals surface area contributed by atoms with Gasteiger partial charge >= 0.3 is 0 Å². The number of aliphatic hydroxyl groups is 1. The van der Waals surface area contributed by atoms with E-state index in [2.05, 4.69) is 15.9 Å². The fourth-order valence-electron chi connectivity index (χ4n) is 1.21. The number of benzene rings is 1. The predicted octanol–water partition coefficient (Wildman–Crippen LogP) is 2.16. The summed E-state index contributed by atoms with van der Waals surface area (Å²) < 4.78 is 21.4. The van der Waals surface area contributed by atoms with Gasteiger partial charge in [0.2, 0.25) is 1.66 Å². The molecule has 0 fully saturated rings. The Morgan fingerprint density at radius 3 is 2.56 bits per heavy atom. The van der Waals surface area contributed by atoms with E-state index in [0.717, 1.165) is 12.3 Å². The highest BCUT2D eigenvalue weighted by Gasteiger charge is 2.43. The number of sulfone groups is 1. The number of halogens is 2. The summed E-state index contributed by atoms with van der Waals surface area (Å²) >= 11 is 4.49. The first-order chi connectivity index (χ1) is 8.07. The van der Waals surface area contributed by atoms with Crippen LogP contribution in [0.3, 0.4) is 0 Å². The molecule has 0 heterocycles. The zero-order chi connectivity index (χ0) is 14.1. The van der Waals surface area contributed by atoms with E-state index < -0.39 is 22.5 Å². The standard InChI is InChI=1S/C9H9BrINO5S/c1-18(16,17)9(10,11)8(13)6-3-2-4-7(5-6)12(14)15/h2-5,8,13H,1H3/t8-,9+/m0/s1. The normalized spacial score (nSPS) is 16.9. The first kappa shape index (κ1) is 15.8. The molecule has 0 aliphatic heterocycles. The fourth-order valence-corrected chi connectivity index (χ4v) is 2.37. The lowest BCUT2D eigenvalue weighted by Gasteiger charge is -2.24. The number of hydrogen-bond donors (Lipinski definition) is 1. The van der Waals surface area contributed by atoms with Crippen LogP contribution >= 0.6 is 38.5 Å². The summed E-state index contributed by atoms with van der Waals surface area (Å²) in [7, 11) is -3.60. The average Bonchev–Trinajstić information content (AvgIpc) is 2.26. The van der Waals surface area contributed by atoms with Crippen molar-refractivity contribution in [1.82, 2.24) is 0 Å². The Labute approximate surface area is 126 Å². The molecule has 9 heteroatoms. The number of aliphatic hydroxyl groups excluding tert-OH is 1. The number of nitro groups is 1. The maximum Gasteiger partial charge on any atom is 0.269 e. The highest BCUT2D eigenvalue weighted by Crippen LogP contribution is 2.44. The third-order valence-corrected chi connectivity index (χ3v) is 8.61. The summed E-state index contributed by atoms with van der Waals surface area (Å²) in [6.07, 6.45) is -0.456. The highest BCUT2D eigenvalue weighted by atomic mass is 127. The maximum absolute atomic E-state index is 11.5. The van der Waals surface area contributed by atoms with Gasteiger partial charge in [-0.25, -0.2) is 8.42 Å². The van der Waals surface area contributed by atoms with Gasteiger partial charge in [0.1, 0.15) is 6.10 Å². The van der Waals surface area contributed by atoms with E-state index >= 15 is 0 Å². The lowest BCUT2D eigenvalue weighted by molar-refractivity contribution is -0.385. The Hall–Kier alpha value is -0.260. The molecule has 1 aromatic rings. The van der Waals surface area contributed by atoms with Crippen LogP contribution in [-0.2, 0) is 9.84 Å². The number of alkyl halides is 2. The van der Waals surface area contributed by atoms with Crippen LogP contribution in [0.15, 0.2) is 24.3 Å². The van der Waals surface area contributed by atoms with Crippen molar-refractivity contribution in [3.8, 4) is 0 Å². The fraction of sp³-hybridized carbons (Fsp3) is 0.333. The van der Waals surface area contributed by atoms with E-state index in [1.807, 2.05) is 0 Å². The molecule has 1 rings (SSSR count). The van der Waals surface area contributed by atoms with Crippen molar-refractivity contribution in [2.45, 2.75) is 7.77 Å². The van der Waals surface area contributed by atoms with Crippen LogP contribution in [0.4, 0.5) is 5.69 Å². The Morgan fingerprint density at radius 1 is 1.56 bits per heavy atom. The molecule has 0 aliphatic carbocycles. The number of rotatable bonds is 4. The molecule has 0 bridgehead atoms. The SMILES string of the molecule is CS(=O)(=O)[C@](Br)(I)[C@@H](O)c1cccc([N+](=O)[O-])c1. The number of non-ortho nitro benzene ring substituents is 1. The van der Waals surface area contributed by atoms with Crippen LogP contribution < -0.4 is 0 Å². The van der Waals surface area contributed by atoms with Gasteiger partial charge in [0.25, 0.3) is 5.69 Å². The Bertz CT molecular complexity index is 574. The first-order valence-electron chi connectivity index (χ1n) is 4.57. The van der Waals surface area contributed by atoms with Crippen molar-refractivity contribution < 1.29 is 18.4 Å². The summed E-state index contributed by atoms with van der Waals surface area (Å²) in [5, 5.41) is 20.6. The van der Waals surface area contributed by atoms with Crippen molar-refractivity contribution in [3.63, 3.8) is 0 Å². The van der Waals surface area contributed by atoms with Crippen molar-refractivity contribution >= 4 is 54.0 Å². The van der Waals surface area contributed by atoms with E-state index in [9.17, 15) is 23.6 Å². The van der Waals surface area contributed by atoms with Crippen LogP contribution in [0.1, 0.15) is 11.7 Å². The molecule has 0 amide bonds. The van der Waals surface area contributed by atoms with E-state index in [1.165, 1.54) is 18.2 Å². The summed E-state index contributed by atoms with van der Waals surface area (Å²) in [6, 6.07) is 5.22. The van der Waals surface area contributed by atoms with Gasteiger partial charge in [0.05, 0.1) is 4.92 Å². The second-order valence-electron chi connectivity index (χ2n) is 3.59. The number of hydrogen-bond acceptors (Lipinski definition) is 5. The molecule has 0 saturated heterocycles. The second kappa shape index (κ2) is 5.39. The van der Waals surface area contributed by atoms with Gasteiger partial charge in [-0.05, 0) is 28.2 Å². The smallest absolute Gasteiger partial charge is 0.269 e. The molecule has 0 radical (unpaired) electrons. The number of nitrogens with zero attached hydrogens (tertiary/aromatic N) is 1. The third kappa shape index (κ3) is 3.19. The monoisotopic (exact) mass is 449 g/mol. The van der Waals surface area contributed by atoms with Crippen molar-refractivity contribution in [2.24, 2.45) is 0 Å². The van der Waals surface area contributed by atoms with Crippen molar-refractivity contribution in [1.29, 1.82) is 0 Å². The van der Waals surface area contributed by atoms with Gasteiger partial charge in [-0.3, -0.25) is 10.1 Å². The predicted molar refractivity (Wildman–Crippen MR) is 78.6 cm³/mol. The molecule has 18 heavy (non-hydrogen) atoms. The number of nitro benzene ring substituents is 1. The zero-order valence-electron chi connectivity index (χ0n) is 9.08. The summed E-state index contributed by atoms with van der Waals surface area (Å²) in [5.74, 6) is 0. The molecule has 100 valence electrons. The minimum Gasteiger partial charge on any atom is -0.385 e. The van der Waals surface area contributed by atoms with Crippen molar-refractivity contribution in [2.75, 3.05) is 6.26 Å². The molecule has 1 N–H and O–H groups in total. The Balaban J connectivity index is 3.23. The lowest BCUT2D eigenvalue weighted by atomic mass is 10.1. The molecular weight excluding hydrogens is 441 g/mol. The molecule has 0 unspecified atom stereocenters. The average molecular weight is 450 g/mol. The molecule has 6 nitrogen and oxygen atoms in total. The van der Waals surface area contributed by atoms with Crippen LogP contribution in [0.5, 0.6) is 0 Å². The zero-order valence-corrected chi connectivity index (χ0v) is 13.6. The maximum atomic E-state index is 11.5. The highest BCUT2D eigenvalue weighted by molar-refractivity contribution is 14.1. The quantitative estimate of drug-likeness (QED) is 0.328. The Kier molecular flexibility index (Phi) is 4.73. The van der Waals surface area contributed by atoms with Crippen molar-refractivity contribution in [3.05, 3.63) is 39.9 Å². The molecule has 0 spiro atoms. The van der Waals surface area contributed by atoms with Gasteiger partial charge in [-0.15, -0.1) is 0 Å². The molecule has 0 aromatic heterocycles.